The van der Waals surface area contributed by atoms with E-state index in [1.165, 1.54) is 18.4 Å². The molecule has 0 aliphatic carbocycles. The second kappa shape index (κ2) is 6.74. The molecule has 3 heterocycles. The van der Waals surface area contributed by atoms with Crippen LogP contribution < -0.4 is 4.90 Å². The molecule has 0 N–H and O–H groups in total. The van der Waals surface area contributed by atoms with Crippen LogP contribution in [0, 0.1) is 12.8 Å². The first-order chi connectivity index (χ1) is 13.6. The Bertz CT molecular complexity index is 1180. The van der Waals surface area contributed by atoms with Crippen molar-refractivity contribution >= 4 is 34.0 Å². The van der Waals surface area contributed by atoms with Gasteiger partial charge in [0.2, 0.25) is 0 Å². The molecule has 1 aliphatic heterocycles. The van der Waals surface area contributed by atoms with E-state index in [0.717, 1.165) is 46.7 Å². The van der Waals surface area contributed by atoms with Crippen LogP contribution in [0.25, 0.3) is 27.8 Å². The zero-order chi connectivity index (χ0) is 19.3. The Balaban J connectivity index is 1.79. The molecule has 0 unspecified atom stereocenters. The minimum atomic E-state index is 0.653. The molecule has 142 valence electrons. The van der Waals surface area contributed by atoms with Crippen molar-refractivity contribution < 1.29 is 0 Å². The van der Waals surface area contributed by atoms with E-state index in [-0.39, 0.29) is 0 Å². The van der Waals surface area contributed by atoms with Crippen molar-refractivity contribution in [3.63, 3.8) is 0 Å². The number of piperidine rings is 1. The van der Waals surface area contributed by atoms with Crippen LogP contribution in [0.2, 0.25) is 5.02 Å². The summed E-state index contributed by atoms with van der Waals surface area (Å²) in [6, 6.07) is 14.2. The van der Waals surface area contributed by atoms with Gasteiger partial charge in [-0.25, -0.2) is 4.98 Å². The van der Waals surface area contributed by atoms with Crippen LogP contribution >= 0.6 is 11.6 Å². The van der Waals surface area contributed by atoms with E-state index in [0.29, 0.717) is 10.9 Å². The van der Waals surface area contributed by atoms with E-state index in [2.05, 4.69) is 47.3 Å². The number of halogens is 1. The van der Waals surface area contributed by atoms with Crippen molar-refractivity contribution in [1.82, 2.24) is 19.8 Å². The fraction of sp³-hybridized carbons (Fsp3) is 0.318. The SMILES string of the molecule is Cc1cccc(-c2nnn3c2nc(N2CCC[C@@H](C)C2)c2cc(Cl)ccc23)c1. The largest absolute Gasteiger partial charge is 0.356 e. The zero-order valence-electron chi connectivity index (χ0n) is 16.1. The summed E-state index contributed by atoms with van der Waals surface area (Å²) in [6.07, 6.45) is 2.44. The number of aromatic nitrogens is 4. The summed E-state index contributed by atoms with van der Waals surface area (Å²) in [5.41, 5.74) is 4.81. The summed E-state index contributed by atoms with van der Waals surface area (Å²) in [7, 11) is 0. The molecule has 0 spiro atoms. The second-order valence-electron chi connectivity index (χ2n) is 7.83. The average Bonchev–Trinajstić information content (AvgIpc) is 3.11. The molecular formula is C22H22ClN5. The summed E-state index contributed by atoms with van der Waals surface area (Å²) in [5, 5.41) is 10.6. The summed E-state index contributed by atoms with van der Waals surface area (Å²) >= 11 is 6.34. The van der Waals surface area contributed by atoms with E-state index in [1.807, 2.05) is 28.8 Å². The zero-order valence-corrected chi connectivity index (χ0v) is 16.8. The van der Waals surface area contributed by atoms with E-state index >= 15 is 0 Å². The molecule has 1 saturated heterocycles. The lowest BCUT2D eigenvalue weighted by atomic mass is 10.00. The number of anilines is 1. The standard InChI is InChI=1S/C22H22ClN5/c1-14-5-3-7-16(11-14)20-22-24-21(27-10-4-6-15(2)13-27)18-12-17(23)8-9-19(18)28(22)26-25-20/h3,5,7-9,11-12,15H,4,6,10,13H2,1-2H3/t15-/m1/s1. The number of fused-ring (bicyclic) bond motifs is 3. The third-order valence-electron chi connectivity index (χ3n) is 5.53. The number of rotatable bonds is 2. The minimum Gasteiger partial charge on any atom is -0.356 e. The van der Waals surface area contributed by atoms with Gasteiger partial charge in [0.15, 0.2) is 5.65 Å². The Hall–Kier alpha value is -2.66. The lowest BCUT2D eigenvalue weighted by molar-refractivity contribution is 0.445. The number of benzene rings is 2. The molecule has 0 bridgehead atoms. The maximum atomic E-state index is 6.34. The normalized spacial score (nSPS) is 17.5. The van der Waals surface area contributed by atoms with Crippen LogP contribution in [0.3, 0.4) is 0 Å². The van der Waals surface area contributed by atoms with Gasteiger partial charge in [-0.15, -0.1) is 5.10 Å². The highest BCUT2D eigenvalue weighted by molar-refractivity contribution is 6.31. The van der Waals surface area contributed by atoms with Gasteiger partial charge in [0.05, 0.1) is 5.52 Å². The molecule has 2 aromatic carbocycles. The van der Waals surface area contributed by atoms with Gasteiger partial charge in [-0.2, -0.15) is 4.52 Å². The molecule has 0 amide bonds. The first-order valence-corrected chi connectivity index (χ1v) is 10.1. The Morgan fingerprint density at radius 3 is 2.86 bits per heavy atom. The first kappa shape index (κ1) is 17.4. The topological polar surface area (TPSA) is 46.3 Å². The van der Waals surface area contributed by atoms with Gasteiger partial charge in [-0.3, -0.25) is 0 Å². The second-order valence-corrected chi connectivity index (χ2v) is 8.27. The fourth-order valence-electron chi connectivity index (χ4n) is 4.17. The highest BCUT2D eigenvalue weighted by Crippen LogP contribution is 2.33. The van der Waals surface area contributed by atoms with Crippen molar-refractivity contribution in [2.45, 2.75) is 26.7 Å². The van der Waals surface area contributed by atoms with Gasteiger partial charge in [-0.1, -0.05) is 47.5 Å². The minimum absolute atomic E-state index is 0.653. The van der Waals surface area contributed by atoms with E-state index in [9.17, 15) is 0 Å². The van der Waals surface area contributed by atoms with Crippen molar-refractivity contribution in [1.29, 1.82) is 0 Å². The highest BCUT2D eigenvalue weighted by atomic mass is 35.5. The van der Waals surface area contributed by atoms with Crippen molar-refractivity contribution in [3.8, 4) is 11.3 Å². The van der Waals surface area contributed by atoms with Crippen LogP contribution in [0.4, 0.5) is 5.82 Å². The molecule has 5 nitrogen and oxygen atoms in total. The summed E-state index contributed by atoms with van der Waals surface area (Å²) in [5.74, 6) is 1.63. The third-order valence-corrected chi connectivity index (χ3v) is 5.77. The van der Waals surface area contributed by atoms with Crippen molar-refractivity contribution in [2.75, 3.05) is 18.0 Å². The van der Waals surface area contributed by atoms with E-state index in [1.54, 1.807) is 0 Å². The van der Waals surface area contributed by atoms with Crippen LogP contribution in [0.15, 0.2) is 42.5 Å². The van der Waals surface area contributed by atoms with Gasteiger partial charge < -0.3 is 4.90 Å². The van der Waals surface area contributed by atoms with Gasteiger partial charge in [-0.05, 0) is 49.9 Å². The van der Waals surface area contributed by atoms with E-state index in [4.69, 9.17) is 16.6 Å². The van der Waals surface area contributed by atoms with Crippen LogP contribution in [0.1, 0.15) is 25.3 Å². The molecule has 1 aliphatic rings. The van der Waals surface area contributed by atoms with Gasteiger partial charge >= 0.3 is 0 Å². The first-order valence-electron chi connectivity index (χ1n) is 9.77. The van der Waals surface area contributed by atoms with Gasteiger partial charge in [0, 0.05) is 29.1 Å². The molecule has 5 rings (SSSR count). The van der Waals surface area contributed by atoms with Crippen LogP contribution in [0.5, 0.6) is 0 Å². The number of hydrogen-bond donors (Lipinski definition) is 0. The maximum Gasteiger partial charge on any atom is 0.186 e. The Labute approximate surface area is 168 Å². The van der Waals surface area contributed by atoms with Crippen molar-refractivity contribution in [2.24, 2.45) is 5.92 Å². The summed E-state index contributed by atoms with van der Waals surface area (Å²) in [6.45, 7) is 6.40. The van der Waals surface area contributed by atoms with Crippen LogP contribution in [-0.2, 0) is 0 Å². The molecule has 6 heteroatoms. The Morgan fingerprint density at radius 2 is 2.04 bits per heavy atom. The number of nitrogens with zero attached hydrogens (tertiary/aromatic N) is 5. The molecule has 0 saturated carbocycles. The molecule has 1 atom stereocenters. The maximum absolute atomic E-state index is 6.34. The monoisotopic (exact) mass is 391 g/mol. The lowest BCUT2D eigenvalue weighted by Crippen LogP contribution is -2.35. The molecule has 4 aromatic rings. The summed E-state index contributed by atoms with van der Waals surface area (Å²) < 4.78 is 1.83. The lowest BCUT2D eigenvalue weighted by Gasteiger charge is -2.32. The van der Waals surface area contributed by atoms with Gasteiger partial charge in [0.1, 0.15) is 11.5 Å². The highest BCUT2D eigenvalue weighted by Gasteiger charge is 2.23. The average molecular weight is 392 g/mol. The molecule has 2 aromatic heterocycles. The fourth-order valence-corrected chi connectivity index (χ4v) is 4.35. The van der Waals surface area contributed by atoms with Crippen molar-refractivity contribution in [3.05, 3.63) is 53.1 Å². The molecule has 0 radical (unpaired) electrons. The number of hydrogen-bond acceptors (Lipinski definition) is 4. The Morgan fingerprint density at radius 1 is 1.14 bits per heavy atom. The smallest absolute Gasteiger partial charge is 0.186 e. The van der Waals surface area contributed by atoms with Crippen LogP contribution in [-0.4, -0.2) is 32.9 Å². The Kier molecular flexibility index (Phi) is 4.20. The third kappa shape index (κ3) is 2.90. The number of aryl methyl sites for hydroxylation is 1. The molecule has 1 fully saturated rings. The van der Waals surface area contributed by atoms with Gasteiger partial charge in [0.25, 0.3) is 0 Å². The predicted molar refractivity (Wildman–Crippen MR) is 114 cm³/mol. The summed E-state index contributed by atoms with van der Waals surface area (Å²) in [4.78, 5) is 7.46. The molecule has 28 heavy (non-hydrogen) atoms. The van der Waals surface area contributed by atoms with E-state index < -0.39 is 0 Å². The molecular weight excluding hydrogens is 370 g/mol. The predicted octanol–water partition coefficient (Wildman–Crippen LogP) is 5.14. The quantitative estimate of drug-likeness (QED) is 0.474.